The van der Waals surface area contributed by atoms with Gasteiger partial charge in [0.2, 0.25) is 5.96 Å². The van der Waals surface area contributed by atoms with Gasteiger partial charge in [0.05, 0.1) is 36.5 Å². The molecule has 0 radical (unpaired) electrons. The first-order valence-corrected chi connectivity index (χ1v) is 12.7. The van der Waals surface area contributed by atoms with Gasteiger partial charge < -0.3 is 24.5 Å². The minimum absolute atomic E-state index is 0.118. The Bertz CT molecular complexity index is 1400. The van der Waals surface area contributed by atoms with Crippen molar-refractivity contribution in [3.63, 3.8) is 0 Å². The maximum Gasteiger partial charge on any atom is 0.416 e. The highest BCUT2D eigenvalue weighted by atomic mass is 19.4. The van der Waals surface area contributed by atoms with E-state index in [-0.39, 0.29) is 17.9 Å². The van der Waals surface area contributed by atoms with Gasteiger partial charge in [-0.1, -0.05) is 30.3 Å². The minimum Gasteiger partial charge on any atom is -0.495 e. The Morgan fingerprint density at radius 3 is 2.38 bits per heavy atom. The molecule has 0 saturated carbocycles. The van der Waals surface area contributed by atoms with Gasteiger partial charge in [-0.15, -0.1) is 0 Å². The number of hydrogen-bond donors (Lipinski definition) is 1. The van der Waals surface area contributed by atoms with E-state index in [9.17, 15) is 23.1 Å². The van der Waals surface area contributed by atoms with Crippen molar-refractivity contribution in [2.24, 2.45) is 4.99 Å². The molecule has 2 aliphatic heterocycles. The van der Waals surface area contributed by atoms with Crippen molar-refractivity contribution in [2.75, 3.05) is 43.1 Å². The molecule has 5 rings (SSSR count). The van der Waals surface area contributed by atoms with Crippen LogP contribution in [0.3, 0.4) is 0 Å². The van der Waals surface area contributed by atoms with Crippen molar-refractivity contribution in [2.45, 2.75) is 25.6 Å². The summed E-state index contributed by atoms with van der Waals surface area (Å²) in [5.74, 6) is -0.471. The van der Waals surface area contributed by atoms with Crippen LogP contribution in [-0.2, 0) is 11.0 Å². The molecule has 1 fully saturated rings. The van der Waals surface area contributed by atoms with E-state index in [2.05, 4.69) is 17.0 Å². The molecule has 1 N–H and O–H groups in total. The summed E-state index contributed by atoms with van der Waals surface area (Å²) >= 11 is 0. The predicted molar refractivity (Wildman–Crippen MR) is 144 cm³/mol. The molecule has 39 heavy (non-hydrogen) atoms. The zero-order valence-corrected chi connectivity index (χ0v) is 21.7. The number of alkyl halides is 3. The SMILES string of the molecule is COc1ccc(C(F)(F)F)cc1N1C(N2CCN(c3cccc(C)c3)CC2)=Nc2ccccc2C1CC(=O)O. The molecule has 1 saturated heterocycles. The van der Waals surface area contributed by atoms with Gasteiger partial charge >= 0.3 is 12.1 Å². The number of anilines is 2. The summed E-state index contributed by atoms with van der Waals surface area (Å²) in [4.78, 5) is 22.8. The van der Waals surface area contributed by atoms with Crippen LogP contribution in [0.2, 0.25) is 0 Å². The van der Waals surface area contributed by atoms with E-state index in [1.165, 1.54) is 13.2 Å². The number of carboxylic acids is 1. The van der Waals surface area contributed by atoms with Gasteiger partial charge in [0.1, 0.15) is 5.75 Å². The first kappa shape index (κ1) is 26.4. The van der Waals surface area contributed by atoms with E-state index in [1.54, 1.807) is 23.1 Å². The van der Waals surface area contributed by atoms with Crippen LogP contribution in [0.25, 0.3) is 0 Å². The zero-order valence-electron chi connectivity index (χ0n) is 21.7. The fraction of sp³-hybridized carbons (Fsp3) is 0.310. The van der Waals surface area contributed by atoms with Crippen LogP contribution in [0.1, 0.15) is 29.2 Å². The molecule has 0 spiro atoms. The average Bonchev–Trinajstić information content (AvgIpc) is 2.92. The highest BCUT2D eigenvalue weighted by molar-refractivity contribution is 6.02. The molecule has 3 aromatic rings. The molecule has 2 heterocycles. The second-order valence-corrected chi connectivity index (χ2v) is 9.65. The molecular formula is C29H29F3N4O3. The number of carbonyl (C=O) groups is 1. The number of piperazine rings is 1. The molecule has 0 aliphatic carbocycles. The van der Waals surface area contributed by atoms with Gasteiger partial charge in [0.25, 0.3) is 0 Å². The number of aryl methyl sites for hydroxylation is 1. The topological polar surface area (TPSA) is 68.6 Å². The number of aliphatic carboxylic acids is 1. The van der Waals surface area contributed by atoms with Crippen LogP contribution in [0.4, 0.5) is 30.2 Å². The van der Waals surface area contributed by atoms with E-state index in [1.807, 2.05) is 30.0 Å². The number of fused-ring (bicyclic) bond motifs is 1. The number of ether oxygens (including phenoxy) is 1. The zero-order chi connectivity index (χ0) is 27.7. The predicted octanol–water partition coefficient (Wildman–Crippen LogP) is 5.87. The largest absolute Gasteiger partial charge is 0.495 e. The van der Waals surface area contributed by atoms with Crippen LogP contribution < -0.4 is 14.5 Å². The molecule has 10 heteroatoms. The Hall–Kier alpha value is -4.21. The van der Waals surface area contributed by atoms with Crippen molar-refractivity contribution >= 4 is 29.0 Å². The van der Waals surface area contributed by atoms with Crippen molar-refractivity contribution in [3.05, 3.63) is 83.4 Å². The fourth-order valence-corrected chi connectivity index (χ4v) is 5.22. The molecule has 0 aromatic heterocycles. The molecule has 0 bridgehead atoms. The van der Waals surface area contributed by atoms with Gasteiger partial charge in [0, 0.05) is 37.4 Å². The Labute approximate surface area is 224 Å². The van der Waals surface area contributed by atoms with Gasteiger partial charge in [0.15, 0.2) is 0 Å². The highest BCUT2D eigenvalue weighted by Crippen LogP contribution is 2.45. The Kier molecular flexibility index (Phi) is 7.12. The molecule has 7 nitrogen and oxygen atoms in total. The molecule has 1 atom stereocenters. The normalized spacial score (nSPS) is 17.5. The molecule has 2 aliphatic rings. The monoisotopic (exact) mass is 538 g/mol. The third-order valence-electron chi connectivity index (χ3n) is 7.11. The number of benzene rings is 3. The van der Waals surface area contributed by atoms with E-state index in [0.29, 0.717) is 43.4 Å². The van der Waals surface area contributed by atoms with Crippen LogP contribution in [0.15, 0.2) is 71.7 Å². The van der Waals surface area contributed by atoms with Gasteiger partial charge in [-0.2, -0.15) is 13.2 Å². The number of methoxy groups -OCH3 is 1. The number of nitrogens with zero attached hydrogens (tertiary/aromatic N) is 4. The number of aliphatic imine (C=N–C) groups is 1. The summed E-state index contributed by atoms with van der Waals surface area (Å²) in [6, 6.07) is 17.8. The molecular weight excluding hydrogens is 509 g/mol. The van der Waals surface area contributed by atoms with Gasteiger partial charge in [-0.25, -0.2) is 4.99 Å². The summed E-state index contributed by atoms with van der Waals surface area (Å²) in [7, 11) is 1.38. The second-order valence-electron chi connectivity index (χ2n) is 9.65. The van der Waals surface area contributed by atoms with Gasteiger partial charge in [-0.05, 0) is 48.9 Å². The Balaban J connectivity index is 1.59. The molecule has 1 unspecified atom stereocenters. The maximum atomic E-state index is 13.8. The average molecular weight is 539 g/mol. The number of rotatable bonds is 5. The lowest BCUT2D eigenvalue weighted by atomic mass is 9.97. The first-order valence-electron chi connectivity index (χ1n) is 12.7. The molecule has 0 amide bonds. The number of halogens is 3. The lowest BCUT2D eigenvalue weighted by Gasteiger charge is -2.45. The molecule has 204 valence electrons. The fourth-order valence-electron chi connectivity index (χ4n) is 5.22. The second kappa shape index (κ2) is 10.5. The van der Waals surface area contributed by atoms with Crippen molar-refractivity contribution in [1.82, 2.24) is 4.90 Å². The lowest BCUT2D eigenvalue weighted by Crippen LogP contribution is -2.55. The number of para-hydroxylation sites is 1. The van der Waals surface area contributed by atoms with Crippen molar-refractivity contribution < 1.29 is 27.8 Å². The van der Waals surface area contributed by atoms with Gasteiger partial charge in [-0.3, -0.25) is 4.79 Å². The summed E-state index contributed by atoms with van der Waals surface area (Å²) in [5, 5.41) is 9.85. The maximum absolute atomic E-state index is 13.8. The standard InChI is InChI=1S/C29H29F3N4O3/c1-19-6-5-7-21(16-19)34-12-14-35(15-13-34)28-33-23-9-4-3-8-22(23)24(18-27(37)38)36(28)25-17-20(29(30,31)32)10-11-26(25)39-2/h3-11,16-17,24H,12-15,18H2,1-2H3,(H,37,38). The number of hydrogen-bond acceptors (Lipinski definition) is 6. The Morgan fingerprint density at radius 2 is 1.72 bits per heavy atom. The van der Waals surface area contributed by atoms with Crippen molar-refractivity contribution in [3.8, 4) is 5.75 Å². The third-order valence-corrected chi connectivity index (χ3v) is 7.11. The lowest BCUT2D eigenvalue weighted by molar-refractivity contribution is -0.138. The van der Waals surface area contributed by atoms with E-state index < -0.39 is 23.8 Å². The van der Waals surface area contributed by atoms with E-state index in [0.717, 1.165) is 23.4 Å². The number of guanidine groups is 1. The minimum atomic E-state index is -4.59. The highest BCUT2D eigenvalue weighted by Gasteiger charge is 2.39. The summed E-state index contributed by atoms with van der Waals surface area (Å²) in [5.41, 5.74) is 2.75. The van der Waals surface area contributed by atoms with Crippen LogP contribution >= 0.6 is 0 Å². The first-order chi connectivity index (χ1) is 18.7. The summed E-state index contributed by atoms with van der Waals surface area (Å²) in [6.45, 7) is 4.47. The van der Waals surface area contributed by atoms with E-state index >= 15 is 0 Å². The van der Waals surface area contributed by atoms with E-state index in [4.69, 9.17) is 9.73 Å². The quantitative estimate of drug-likeness (QED) is 0.439. The summed E-state index contributed by atoms with van der Waals surface area (Å²) in [6.07, 6.45) is -4.92. The Morgan fingerprint density at radius 1 is 1.00 bits per heavy atom. The number of carboxylic acid groups (broad SMARTS) is 1. The smallest absolute Gasteiger partial charge is 0.416 e. The van der Waals surface area contributed by atoms with Crippen LogP contribution in [-0.4, -0.2) is 55.2 Å². The third kappa shape index (κ3) is 5.36. The van der Waals surface area contributed by atoms with Crippen LogP contribution in [0, 0.1) is 6.92 Å². The molecule has 3 aromatic carbocycles. The van der Waals surface area contributed by atoms with Crippen LogP contribution in [0.5, 0.6) is 5.75 Å². The van der Waals surface area contributed by atoms with Crippen molar-refractivity contribution in [1.29, 1.82) is 0 Å². The summed E-state index contributed by atoms with van der Waals surface area (Å²) < 4.78 is 46.9.